The highest BCUT2D eigenvalue weighted by atomic mass is 16.5. The molecule has 0 aromatic heterocycles. The van der Waals surface area contributed by atoms with Crippen molar-refractivity contribution in [2.24, 2.45) is 0 Å². The molecule has 0 unspecified atom stereocenters. The molecule has 0 amide bonds. The first-order valence-corrected chi connectivity index (χ1v) is 5.53. The first kappa shape index (κ1) is 11.2. The molecule has 0 radical (unpaired) electrons. The predicted molar refractivity (Wildman–Crippen MR) is 63.4 cm³/mol. The van der Waals surface area contributed by atoms with Gasteiger partial charge in [-0.05, 0) is 32.0 Å². The third kappa shape index (κ3) is 1.99. The van der Waals surface area contributed by atoms with Gasteiger partial charge in [0, 0.05) is 17.3 Å². The Balaban J connectivity index is 2.32. The van der Waals surface area contributed by atoms with Crippen molar-refractivity contribution < 1.29 is 9.84 Å². The number of aliphatic hydroxyl groups is 1. The quantitative estimate of drug-likeness (QED) is 0.649. The largest absolute Gasteiger partial charge is 0.497 e. The topological polar surface area (TPSA) is 67.5 Å². The maximum Gasteiger partial charge on any atom is 0.120 e. The Labute approximate surface area is 95.4 Å². The third-order valence-corrected chi connectivity index (χ3v) is 3.19. The van der Waals surface area contributed by atoms with E-state index in [-0.39, 0.29) is 0 Å². The molecule has 4 nitrogen and oxygen atoms in total. The van der Waals surface area contributed by atoms with E-state index in [4.69, 9.17) is 10.5 Å². The maximum atomic E-state index is 10.5. The highest BCUT2D eigenvalue weighted by Gasteiger charge is 2.32. The van der Waals surface area contributed by atoms with Crippen LogP contribution in [0.15, 0.2) is 18.2 Å². The molecule has 1 aromatic rings. The van der Waals surface area contributed by atoms with E-state index in [1.54, 1.807) is 13.2 Å². The number of methoxy groups -OCH3 is 1. The molecule has 1 heterocycles. The lowest BCUT2D eigenvalue weighted by molar-refractivity contribution is 0.00663. The van der Waals surface area contributed by atoms with Crippen LogP contribution in [0.25, 0.3) is 0 Å². The van der Waals surface area contributed by atoms with Crippen LogP contribution in [0.4, 0.5) is 5.69 Å². The standard InChI is InChI=1S/C12H18N2O2/c1-16-9-2-3-10(11(13)8-9)12(15)4-6-14-7-5-12/h2-3,8,14-15H,4-7,13H2,1H3. The van der Waals surface area contributed by atoms with Crippen molar-refractivity contribution in [1.29, 1.82) is 0 Å². The summed E-state index contributed by atoms with van der Waals surface area (Å²) in [6.07, 6.45) is 1.40. The SMILES string of the molecule is COc1ccc(C2(O)CCNCC2)c(N)c1. The second-order valence-electron chi connectivity index (χ2n) is 4.23. The van der Waals surface area contributed by atoms with Crippen molar-refractivity contribution in [3.63, 3.8) is 0 Å². The van der Waals surface area contributed by atoms with Gasteiger partial charge in [-0.3, -0.25) is 0 Å². The number of anilines is 1. The number of rotatable bonds is 2. The zero-order chi connectivity index (χ0) is 11.6. The molecule has 0 saturated carbocycles. The lowest BCUT2D eigenvalue weighted by atomic mass is 9.84. The number of benzene rings is 1. The van der Waals surface area contributed by atoms with E-state index in [0.717, 1.165) is 24.4 Å². The lowest BCUT2D eigenvalue weighted by Gasteiger charge is -2.33. The second kappa shape index (κ2) is 4.31. The number of hydrogen-bond donors (Lipinski definition) is 3. The van der Waals surface area contributed by atoms with Crippen molar-refractivity contribution >= 4 is 5.69 Å². The van der Waals surface area contributed by atoms with E-state index in [2.05, 4.69) is 5.32 Å². The fourth-order valence-electron chi connectivity index (χ4n) is 2.20. The van der Waals surface area contributed by atoms with Crippen LogP contribution in [0.2, 0.25) is 0 Å². The van der Waals surface area contributed by atoms with E-state index in [0.29, 0.717) is 18.5 Å². The molecular formula is C12H18N2O2. The van der Waals surface area contributed by atoms with Crippen LogP contribution in [0.5, 0.6) is 5.75 Å². The molecule has 1 fully saturated rings. The Morgan fingerprint density at radius 3 is 2.62 bits per heavy atom. The van der Waals surface area contributed by atoms with Gasteiger partial charge >= 0.3 is 0 Å². The summed E-state index contributed by atoms with van der Waals surface area (Å²) in [5.74, 6) is 0.721. The van der Waals surface area contributed by atoms with Crippen LogP contribution in [0.3, 0.4) is 0 Å². The molecule has 88 valence electrons. The van der Waals surface area contributed by atoms with Crippen LogP contribution >= 0.6 is 0 Å². The second-order valence-corrected chi connectivity index (χ2v) is 4.23. The van der Waals surface area contributed by atoms with Crippen molar-refractivity contribution in [2.75, 3.05) is 25.9 Å². The highest BCUT2D eigenvalue weighted by molar-refractivity contribution is 5.54. The first-order chi connectivity index (χ1) is 7.65. The molecule has 4 heteroatoms. The van der Waals surface area contributed by atoms with Crippen LogP contribution in [0, 0.1) is 0 Å². The minimum atomic E-state index is -0.790. The molecule has 1 aromatic carbocycles. The molecule has 1 aliphatic rings. The average molecular weight is 222 g/mol. The molecule has 0 atom stereocenters. The molecule has 1 saturated heterocycles. The van der Waals surface area contributed by atoms with Crippen LogP contribution < -0.4 is 15.8 Å². The van der Waals surface area contributed by atoms with Gasteiger partial charge < -0.3 is 20.9 Å². The fourth-order valence-corrected chi connectivity index (χ4v) is 2.20. The van der Waals surface area contributed by atoms with E-state index < -0.39 is 5.60 Å². The number of nitrogen functional groups attached to an aromatic ring is 1. The fraction of sp³-hybridized carbons (Fsp3) is 0.500. The van der Waals surface area contributed by atoms with Crippen molar-refractivity contribution in [2.45, 2.75) is 18.4 Å². The Bertz CT molecular complexity index is 373. The molecule has 4 N–H and O–H groups in total. The Morgan fingerprint density at radius 1 is 1.38 bits per heavy atom. The summed E-state index contributed by atoms with van der Waals surface area (Å²) >= 11 is 0. The Kier molecular flexibility index (Phi) is 3.03. The van der Waals surface area contributed by atoms with Crippen molar-refractivity contribution in [1.82, 2.24) is 5.32 Å². The zero-order valence-corrected chi connectivity index (χ0v) is 9.49. The number of nitrogens with two attached hydrogens (primary N) is 1. The number of nitrogens with one attached hydrogen (secondary N) is 1. The van der Waals surface area contributed by atoms with Gasteiger partial charge in [0.1, 0.15) is 5.75 Å². The van der Waals surface area contributed by atoms with Crippen LogP contribution in [0.1, 0.15) is 18.4 Å². The summed E-state index contributed by atoms with van der Waals surface area (Å²) < 4.78 is 5.10. The highest BCUT2D eigenvalue weighted by Crippen LogP contribution is 2.35. The minimum Gasteiger partial charge on any atom is -0.497 e. The van der Waals surface area contributed by atoms with Gasteiger partial charge in [-0.15, -0.1) is 0 Å². The predicted octanol–water partition coefficient (Wildman–Crippen LogP) is 0.848. The van der Waals surface area contributed by atoms with Gasteiger partial charge in [-0.2, -0.15) is 0 Å². The summed E-state index contributed by atoms with van der Waals surface area (Å²) in [7, 11) is 1.60. The van der Waals surface area contributed by atoms with Gasteiger partial charge in [-0.25, -0.2) is 0 Å². The third-order valence-electron chi connectivity index (χ3n) is 3.19. The van der Waals surface area contributed by atoms with Gasteiger partial charge in [0.2, 0.25) is 0 Å². The van der Waals surface area contributed by atoms with E-state index in [1.165, 1.54) is 0 Å². The van der Waals surface area contributed by atoms with Crippen LogP contribution in [-0.2, 0) is 5.60 Å². The normalized spacial score (nSPS) is 19.4. The zero-order valence-electron chi connectivity index (χ0n) is 9.49. The summed E-state index contributed by atoms with van der Waals surface area (Å²) in [6, 6.07) is 5.46. The number of ether oxygens (including phenoxy) is 1. The Hall–Kier alpha value is -1.26. The Morgan fingerprint density at radius 2 is 2.06 bits per heavy atom. The lowest BCUT2D eigenvalue weighted by Crippen LogP contribution is -2.40. The van der Waals surface area contributed by atoms with Gasteiger partial charge in [0.25, 0.3) is 0 Å². The van der Waals surface area contributed by atoms with Crippen molar-refractivity contribution in [3.05, 3.63) is 23.8 Å². The first-order valence-electron chi connectivity index (χ1n) is 5.53. The molecule has 0 aliphatic carbocycles. The van der Waals surface area contributed by atoms with E-state index >= 15 is 0 Å². The van der Waals surface area contributed by atoms with Crippen LogP contribution in [-0.4, -0.2) is 25.3 Å². The molecule has 2 rings (SSSR count). The molecule has 1 aliphatic heterocycles. The monoisotopic (exact) mass is 222 g/mol. The summed E-state index contributed by atoms with van der Waals surface area (Å²) in [5.41, 5.74) is 6.58. The maximum absolute atomic E-state index is 10.5. The average Bonchev–Trinajstić information content (AvgIpc) is 2.29. The van der Waals surface area contributed by atoms with Crippen molar-refractivity contribution in [3.8, 4) is 5.75 Å². The van der Waals surface area contributed by atoms with E-state index in [1.807, 2.05) is 12.1 Å². The molecule has 0 bridgehead atoms. The summed E-state index contributed by atoms with van der Waals surface area (Å²) in [5, 5.41) is 13.8. The smallest absolute Gasteiger partial charge is 0.120 e. The number of hydrogen-bond acceptors (Lipinski definition) is 4. The van der Waals surface area contributed by atoms with Gasteiger partial charge in [0.05, 0.1) is 12.7 Å². The molecular weight excluding hydrogens is 204 g/mol. The minimum absolute atomic E-state index is 0.601. The van der Waals surface area contributed by atoms with E-state index in [9.17, 15) is 5.11 Å². The molecule has 0 spiro atoms. The molecule has 16 heavy (non-hydrogen) atoms. The number of piperidine rings is 1. The van der Waals surface area contributed by atoms with Gasteiger partial charge in [0.15, 0.2) is 0 Å². The summed E-state index contributed by atoms with van der Waals surface area (Å²) in [6.45, 7) is 1.64. The summed E-state index contributed by atoms with van der Waals surface area (Å²) in [4.78, 5) is 0. The van der Waals surface area contributed by atoms with Gasteiger partial charge in [-0.1, -0.05) is 6.07 Å².